The van der Waals surface area contributed by atoms with E-state index >= 15 is 0 Å². The van der Waals surface area contributed by atoms with E-state index in [1.165, 1.54) is 9.88 Å². The van der Waals surface area contributed by atoms with Crippen LogP contribution in [0.2, 0.25) is 0 Å². The minimum Gasteiger partial charge on any atom is -0.360 e. The SMILES string of the molecule is CN=C(NCC(C)c1cccs1)N1CCN(c2cccs2)CC1. The van der Waals surface area contributed by atoms with Gasteiger partial charge in [-0.15, -0.1) is 22.7 Å². The van der Waals surface area contributed by atoms with Crippen molar-refractivity contribution in [2.24, 2.45) is 4.99 Å². The first-order chi connectivity index (χ1) is 11.3. The Morgan fingerprint density at radius 3 is 2.52 bits per heavy atom. The maximum atomic E-state index is 4.47. The fraction of sp³-hybridized carbons (Fsp3) is 0.471. The number of thiophene rings is 2. The van der Waals surface area contributed by atoms with Gasteiger partial charge in [0.25, 0.3) is 0 Å². The molecule has 0 radical (unpaired) electrons. The zero-order valence-electron chi connectivity index (χ0n) is 13.7. The summed E-state index contributed by atoms with van der Waals surface area (Å²) in [4.78, 5) is 10.7. The number of rotatable bonds is 4. The van der Waals surface area contributed by atoms with Gasteiger partial charge in [0.1, 0.15) is 0 Å². The molecule has 1 saturated heterocycles. The van der Waals surface area contributed by atoms with Gasteiger partial charge in [-0.1, -0.05) is 13.0 Å². The molecule has 0 aliphatic carbocycles. The van der Waals surface area contributed by atoms with Gasteiger partial charge in [0.15, 0.2) is 5.96 Å². The number of aliphatic imine (C=N–C) groups is 1. The largest absolute Gasteiger partial charge is 0.360 e. The molecule has 1 N–H and O–H groups in total. The lowest BCUT2D eigenvalue weighted by atomic mass is 10.1. The summed E-state index contributed by atoms with van der Waals surface area (Å²) in [7, 11) is 1.88. The smallest absolute Gasteiger partial charge is 0.193 e. The van der Waals surface area contributed by atoms with Gasteiger partial charge in [0.05, 0.1) is 5.00 Å². The van der Waals surface area contributed by atoms with E-state index < -0.39 is 0 Å². The highest BCUT2D eigenvalue weighted by atomic mass is 32.1. The lowest BCUT2D eigenvalue weighted by molar-refractivity contribution is 0.372. The van der Waals surface area contributed by atoms with Crippen LogP contribution in [0, 0.1) is 0 Å². The van der Waals surface area contributed by atoms with Gasteiger partial charge < -0.3 is 15.1 Å². The number of nitrogens with one attached hydrogen (secondary N) is 1. The lowest BCUT2D eigenvalue weighted by Crippen LogP contribution is -2.52. The Kier molecular flexibility index (Phi) is 5.56. The molecule has 1 atom stereocenters. The van der Waals surface area contributed by atoms with Gasteiger partial charge in [-0.25, -0.2) is 0 Å². The zero-order valence-corrected chi connectivity index (χ0v) is 15.4. The predicted octanol–water partition coefficient (Wildman–Crippen LogP) is 3.31. The quantitative estimate of drug-likeness (QED) is 0.679. The summed E-state index contributed by atoms with van der Waals surface area (Å²) in [5.41, 5.74) is 0. The molecule has 2 aromatic heterocycles. The number of piperazine rings is 1. The molecule has 0 spiro atoms. The molecule has 1 aliphatic rings. The van der Waals surface area contributed by atoms with Crippen molar-refractivity contribution in [3.63, 3.8) is 0 Å². The third-order valence-electron chi connectivity index (χ3n) is 4.20. The summed E-state index contributed by atoms with van der Waals surface area (Å²) >= 11 is 3.65. The van der Waals surface area contributed by atoms with Crippen LogP contribution >= 0.6 is 22.7 Å². The minimum atomic E-state index is 0.513. The van der Waals surface area contributed by atoms with Crippen molar-refractivity contribution in [1.82, 2.24) is 10.2 Å². The molecule has 3 heterocycles. The molecule has 23 heavy (non-hydrogen) atoms. The van der Waals surface area contributed by atoms with E-state index in [0.29, 0.717) is 5.92 Å². The number of hydrogen-bond donors (Lipinski definition) is 1. The second kappa shape index (κ2) is 7.84. The van der Waals surface area contributed by atoms with Crippen molar-refractivity contribution in [1.29, 1.82) is 0 Å². The van der Waals surface area contributed by atoms with Crippen LogP contribution in [0.5, 0.6) is 0 Å². The van der Waals surface area contributed by atoms with Crippen LogP contribution < -0.4 is 10.2 Å². The summed E-state index contributed by atoms with van der Waals surface area (Å²) in [6.07, 6.45) is 0. The Balaban J connectivity index is 1.50. The fourth-order valence-electron chi connectivity index (χ4n) is 2.84. The van der Waals surface area contributed by atoms with E-state index in [2.05, 4.69) is 62.1 Å². The molecule has 1 aliphatic heterocycles. The first kappa shape index (κ1) is 16.3. The molecule has 4 nitrogen and oxygen atoms in total. The van der Waals surface area contributed by atoms with Crippen LogP contribution in [-0.4, -0.2) is 50.6 Å². The zero-order chi connectivity index (χ0) is 16.1. The van der Waals surface area contributed by atoms with E-state index in [9.17, 15) is 0 Å². The van der Waals surface area contributed by atoms with Crippen LogP contribution in [0.25, 0.3) is 0 Å². The first-order valence-electron chi connectivity index (χ1n) is 8.05. The summed E-state index contributed by atoms with van der Waals surface area (Å²) in [6, 6.07) is 8.66. The minimum absolute atomic E-state index is 0.513. The number of guanidine groups is 1. The number of anilines is 1. The van der Waals surface area contributed by atoms with Crippen LogP contribution in [0.4, 0.5) is 5.00 Å². The van der Waals surface area contributed by atoms with E-state index in [1.807, 2.05) is 29.7 Å². The Bertz CT molecular complexity index is 599. The second-order valence-electron chi connectivity index (χ2n) is 5.77. The third kappa shape index (κ3) is 4.06. The van der Waals surface area contributed by atoms with Crippen molar-refractivity contribution < 1.29 is 0 Å². The highest BCUT2D eigenvalue weighted by Gasteiger charge is 2.20. The molecular formula is C17H24N4S2. The Morgan fingerprint density at radius 1 is 1.17 bits per heavy atom. The maximum Gasteiger partial charge on any atom is 0.193 e. The molecule has 0 aromatic carbocycles. The van der Waals surface area contributed by atoms with Gasteiger partial charge in [-0.3, -0.25) is 4.99 Å². The second-order valence-corrected chi connectivity index (χ2v) is 7.68. The predicted molar refractivity (Wildman–Crippen MR) is 102 cm³/mol. The average molecular weight is 349 g/mol. The lowest BCUT2D eigenvalue weighted by Gasteiger charge is -2.37. The van der Waals surface area contributed by atoms with Crippen LogP contribution in [0.15, 0.2) is 40.0 Å². The first-order valence-corrected chi connectivity index (χ1v) is 9.81. The Labute approximate surface area is 146 Å². The summed E-state index contributed by atoms with van der Waals surface area (Å²) in [5, 5.41) is 9.21. The van der Waals surface area contributed by atoms with Crippen molar-refractivity contribution in [3.05, 3.63) is 39.9 Å². The molecule has 0 bridgehead atoms. The third-order valence-corrected chi connectivity index (χ3v) is 6.24. The van der Waals surface area contributed by atoms with Crippen molar-refractivity contribution in [2.75, 3.05) is 44.7 Å². The van der Waals surface area contributed by atoms with Crippen LogP contribution in [0.3, 0.4) is 0 Å². The maximum absolute atomic E-state index is 4.47. The number of hydrogen-bond acceptors (Lipinski definition) is 4. The Morgan fingerprint density at radius 2 is 1.91 bits per heavy atom. The van der Waals surface area contributed by atoms with Crippen LogP contribution in [-0.2, 0) is 0 Å². The van der Waals surface area contributed by atoms with E-state index in [4.69, 9.17) is 0 Å². The molecule has 6 heteroatoms. The molecule has 1 unspecified atom stereocenters. The summed E-state index contributed by atoms with van der Waals surface area (Å²) in [6.45, 7) is 7.35. The van der Waals surface area contributed by atoms with Gasteiger partial charge in [0, 0.05) is 50.6 Å². The van der Waals surface area contributed by atoms with Gasteiger partial charge in [0.2, 0.25) is 0 Å². The highest BCUT2D eigenvalue weighted by Crippen LogP contribution is 2.22. The monoisotopic (exact) mass is 348 g/mol. The van der Waals surface area contributed by atoms with Crippen LogP contribution in [0.1, 0.15) is 17.7 Å². The van der Waals surface area contributed by atoms with Gasteiger partial charge >= 0.3 is 0 Å². The summed E-state index contributed by atoms with van der Waals surface area (Å²) in [5.74, 6) is 1.54. The molecule has 0 amide bonds. The molecule has 3 rings (SSSR count). The van der Waals surface area contributed by atoms with E-state index in [-0.39, 0.29) is 0 Å². The average Bonchev–Trinajstić information content (AvgIpc) is 3.29. The Hall–Kier alpha value is -1.53. The normalized spacial score (nSPS) is 17.4. The van der Waals surface area contributed by atoms with Gasteiger partial charge in [-0.05, 0) is 29.0 Å². The van der Waals surface area contributed by atoms with Crippen molar-refractivity contribution >= 4 is 33.6 Å². The standard InChI is InChI=1S/C17H24N4S2/c1-14(15-5-3-11-22-15)13-19-17(18-2)21-9-7-20(8-10-21)16-6-4-12-23-16/h3-6,11-12,14H,7-10,13H2,1-2H3,(H,18,19). The molecule has 2 aromatic rings. The van der Waals surface area contributed by atoms with Crippen molar-refractivity contribution in [2.45, 2.75) is 12.8 Å². The topological polar surface area (TPSA) is 30.9 Å². The highest BCUT2D eigenvalue weighted by molar-refractivity contribution is 7.14. The molecule has 0 saturated carbocycles. The molecule has 124 valence electrons. The van der Waals surface area contributed by atoms with E-state index in [0.717, 1.165) is 38.7 Å². The van der Waals surface area contributed by atoms with Crippen molar-refractivity contribution in [3.8, 4) is 0 Å². The number of nitrogens with zero attached hydrogens (tertiary/aromatic N) is 3. The van der Waals surface area contributed by atoms with Gasteiger partial charge in [-0.2, -0.15) is 0 Å². The summed E-state index contributed by atoms with van der Waals surface area (Å²) < 4.78 is 0. The molecule has 1 fully saturated rings. The molecular weight excluding hydrogens is 324 g/mol. The van der Waals surface area contributed by atoms with E-state index in [1.54, 1.807) is 0 Å². The fourth-order valence-corrected chi connectivity index (χ4v) is 4.41.